The molecular weight excluding hydrogens is 394 g/mol. The second-order valence-corrected chi connectivity index (χ2v) is 9.40. The van der Waals surface area contributed by atoms with Crippen LogP contribution in [0.1, 0.15) is 45.2 Å². The molecule has 1 aromatic heterocycles. The Morgan fingerprint density at radius 3 is 2.44 bits per heavy atom. The van der Waals surface area contributed by atoms with Crippen molar-refractivity contribution in [3.8, 4) is 0 Å². The number of piperazine rings is 1. The van der Waals surface area contributed by atoms with Gasteiger partial charge in [0, 0.05) is 56.9 Å². The number of fused-ring (bicyclic) bond motifs is 1. The van der Waals surface area contributed by atoms with Gasteiger partial charge in [-0.2, -0.15) is 0 Å². The molecule has 4 heterocycles. The Kier molecular flexibility index (Phi) is 6.09. The van der Waals surface area contributed by atoms with E-state index in [2.05, 4.69) is 62.9 Å². The van der Waals surface area contributed by atoms with Crippen LogP contribution >= 0.6 is 0 Å². The van der Waals surface area contributed by atoms with E-state index in [9.17, 15) is 0 Å². The first kappa shape index (κ1) is 21.3. The molecule has 1 spiro atoms. The van der Waals surface area contributed by atoms with Crippen molar-refractivity contribution in [2.75, 3.05) is 50.7 Å². The fourth-order valence-corrected chi connectivity index (χ4v) is 5.59. The quantitative estimate of drug-likeness (QED) is 0.755. The van der Waals surface area contributed by atoms with Gasteiger partial charge >= 0.3 is 0 Å². The first-order valence-corrected chi connectivity index (χ1v) is 12.6. The van der Waals surface area contributed by atoms with Gasteiger partial charge < -0.3 is 20.4 Å². The predicted octanol–water partition coefficient (Wildman–Crippen LogP) is 4.37. The minimum atomic E-state index is 0.594. The molecule has 1 aromatic carbocycles. The summed E-state index contributed by atoms with van der Waals surface area (Å²) in [6.45, 7) is 11.5. The van der Waals surface area contributed by atoms with Crippen molar-refractivity contribution in [1.82, 2.24) is 20.5 Å². The zero-order valence-corrected chi connectivity index (χ0v) is 19.7. The van der Waals surface area contributed by atoms with E-state index in [0.29, 0.717) is 5.41 Å². The summed E-state index contributed by atoms with van der Waals surface area (Å²) in [5, 5.41) is 8.36. The molecule has 170 valence electrons. The lowest BCUT2D eigenvalue weighted by Crippen LogP contribution is -2.46. The van der Waals surface area contributed by atoms with E-state index >= 15 is 0 Å². The molecule has 2 aromatic rings. The molecule has 3 fully saturated rings. The van der Waals surface area contributed by atoms with Crippen LogP contribution in [0, 0.1) is 5.41 Å². The molecule has 6 rings (SSSR count). The van der Waals surface area contributed by atoms with E-state index in [1.807, 2.05) is 13.8 Å². The summed E-state index contributed by atoms with van der Waals surface area (Å²) in [6.07, 6.45) is 10.1. The number of nitrogens with one attached hydrogen (secondary N) is 2. The third-order valence-corrected chi connectivity index (χ3v) is 7.58. The highest BCUT2D eigenvalue weighted by atomic mass is 15.3. The average Bonchev–Trinajstić information content (AvgIpc) is 3.32. The van der Waals surface area contributed by atoms with Gasteiger partial charge in [0.1, 0.15) is 5.82 Å². The lowest BCUT2D eigenvalue weighted by Gasteiger charge is -2.38. The molecule has 32 heavy (non-hydrogen) atoms. The van der Waals surface area contributed by atoms with Crippen molar-refractivity contribution in [1.29, 1.82) is 0 Å². The molecule has 0 unspecified atom stereocenters. The van der Waals surface area contributed by atoms with Crippen LogP contribution in [0.4, 0.5) is 5.69 Å². The summed E-state index contributed by atoms with van der Waals surface area (Å²) >= 11 is 0. The van der Waals surface area contributed by atoms with Crippen LogP contribution in [-0.4, -0.2) is 55.7 Å². The van der Waals surface area contributed by atoms with Crippen molar-refractivity contribution in [2.24, 2.45) is 5.41 Å². The number of rotatable bonds is 3. The fraction of sp³-hybridized carbons (Fsp3) is 0.519. The molecule has 0 atom stereocenters. The Balaban J connectivity index is 0.00000105. The molecule has 2 N–H and O–H groups in total. The fourth-order valence-electron chi connectivity index (χ4n) is 5.59. The highest BCUT2D eigenvalue weighted by Crippen LogP contribution is 2.49. The molecular formula is C27H37N5. The molecule has 0 amide bonds. The maximum absolute atomic E-state index is 5.05. The van der Waals surface area contributed by atoms with E-state index in [-0.39, 0.29) is 0 Å². The number of hydrogen-bond donors (Lipinski definition) is 2. The zero-order valence-electron chi connectivity index (χ0n) is 19.7. The Morgan fingerprint density at radius 1 is 0.938 bits per heavy atom. The van der Waals surface area contributed by atoms with Crippen LogP contribution in [0.5, 0.6) is 0 Å². The second-order valence-electron chi connectivity index (χ2n) is 9.40. The monoisotopic (exact) mass is 431 g/mol. The van der Waals surface area contributed by atoms with E-state index in [1.54, 1.807) is 0 Å². The van der Waals surface area contributed by atoms with Crippen LogP contribution in [-0.2, 0) is 0 Å². The summed E-state index contributed by atoms with van der Waals surface area (Å²) in [4.78, 5) is 10.1. The third-order valence-electron chi connectivity index (χ3n) is 7.58. The zero-order chi connectivity index (χ0) is 22.0. The van der Waals surface area contributed by atoms with E-state index in [1.165, 1.54) is 61.2 Å². The van der Waals surface area contributed by atoms with Gasteiger partial charge in [-0.05, 0) is 48.5 Å². The molecule has 0 bridgehead atoms. The van der Waals surface area contributed by atoms with E-state index in [4.69, 9.17) is 4.98 Å². The van der Waals surface area contributed by atoms with Crippen LogP contribution in [0.15, 0.2) is 48.3 Å². The van der Waals surface area contributed by atoms with Crippen LogP contribution in [0.3, 0.4) is 0 Å². The average molecular weight is 432 g/mol. The lowest BCUT2D eigenvalue weighted by molar-refractivity contribution is 0.165. The van der Waals surface area contributed by atoms with Crippen molar-refractivity contribution in [3.63, 3.8) is 0 Å². The van der Waals surface area contributed by atoms with Crippen molar-refractivity contribution >= 4 is 22.2 Å². The Labute approximate surface area is 192 Å². The molecule has 2 saturated heterocycles. The summed E-state index contributed by atoms with van der Waals surface area (Å²) in [5.74, 6) is 1.24. The Bertz CT molecular complexity index is 1010. The highest BCUT2D eigenvalue weighted by Gasteiger charge is 2.43. The number of anilines is 1. The minimum Gasteiger partial charge on any atom is -0.370 e. The third kappa shape index (κ3) is 3.99. The first-order chi connectivity index (χ1) is 15.8. The van der Waals surface area contributed by atoms with Crippen molar-refractivity contribution in [3.05, 3.63) is 54.0 Å². The standard InChI is InChI=1S/C25H31N5.C2H6/c1-2-5-21-20(4-1)23(30-13-10-25(18-30)8-3-9-25)16-22(28-21)19-6-7-24(27-17-19)29-14-11-26-12-15-29;1-2/h1-2,4-7,16,26-27H,3,8-15,17-18H2;1-2H3. The summed E-state index contributed by atoms with van der Waals surface area (Å²) in [7, 11) is 0. The van der Waals surface area contributed by atoms with Crippen LogP contribution in [0.25, 0.3) is 16.5 Å². The molecule has 1 saturated carbocycles. The smallest absolute Gasteiger partial charge is 0.102 e. The number of para-hydroxylation sites is 1. The van der Waals surface area contributed by atoms with Crippen molar-refractivity contribution in [2.45, 2.75) is 39.5 Å². The summed E-state index contributed by atoms with van der Waals surface area (Å²) < 4.78 is 0. The van der Waals surface area contributed by atoms with Gasteiger partial charge in [-0.3, -0.25) is 0 Å². The maximum atomic E-state index is 5.05. The normalized spacial score (nSPS) is 21.9. The predicted molar refractivity (Wildman–Crippen MR) is 135 cm³/mol. The number of nitrogens with zero attached hydrogens (tertiary/aromatic N) is 3. The van der Waals surface area contributed by atoms with Gasteiger partial charge in [0.25, 0.3) is 0 Å². The van der Waals surface area contributed by atoms with E-state index < -0.39 is 0 Å². The maximum Gasteiger partial charge on any atom is 0.102 e. The Morgan fingerprint density at radius 2 is 1.75 bits per heavy atom. The first-order valence-electron chi connectivity index (χ1n) is 12.6. The number of hydrogen-bond acceptors (Lipinski definition) is 5. The van der Waals surface area contributed by atoms with Gasteiger partial charge in [-0.15, -0.1) is 0 Å². The molecule has 5 nitrogen and oxygen atoms in total. The van der Waals surface area contributed by atoms with Gasteiger partial charge in [0.2, 0.25) is 0 Å². The number of allylic oxidation sites excluding steroid dienone is 2. The van der Waals surface area contributed by atoms with Crippen molar-refractivity contribution < 1.29 is 0 Å². The van der Waals surface area contributed by atoms with E-state index in [0.717, 1.165) is 43.9 Å². The largest absolute Gasteiger partial charge is 0.370 e. The second kappa shape index (κ2) is 9.14. The molecule has 0 radical (unpaired) electrons. The number of pyridine rings is 1. The summed E-state index contributed by atoms with van der Waals surface area (Å²) in [5.41, 5.74) is 5.46. The Hall–Kier alpha value is -2.53. The van der Waals surface area contributed by atoms with Crippen LogP contribution in [0.2, 0.25) is 0 Å². The topological polar surface area (TPSA) is 43.4 Å². The van der Waals surface area contributed by atoms with Gasteiger partial charge in [0.05, 0.1) is 11.2 Å². The molecule has 4 aliphatic rings. The van der Waals surface area contributed by atoms with Gasteiger partial charge in [-0.1, -0.05) is 44.5 Å². The van der Waals surface area contributed by atoms with Gasteiger partial charge in [-0.25, -0.2) is 4.98 Å². The number of aromatic nitrogens is 1. The number of benzene rings is 1. The highest BCUT2D eigenvalue weighted by molar-refractivity contribution is 5.94. The number of dihydropyridines is 1. The molecule has 3 aliphatic heterocycles. The lowest BCUT2D eigenvalue weighted by atomic mass is 9.68. The molecule has 1 aliphatic carbocycles. The van der Waals surface area contributed by atoms with Crippen LogP contribution < -0.4 is 15.5 Å². The van der Waals surface area contributed by atoms with Gasteiger partial charge in [0.15, 0.2) is 0 Å². The minimum absolute atomic E-state index is 0.594. The SMILES string of the molecule is C1=C(c2cc(N3CCC4(CCC4)C3)c3ccccc3n2)CNC(N2CCNCC2)=C1.CC. The molecule has 5 heteroatoms. The summed E-state index contributed by atoms with van der Waals surface area (Å²) in [6, 6.07) is 11.0.